The molecule has 8 heteroatoms. The lowest BCUT2D eigenvalue weighted by Gasteiger charge is -2.24. The molecule has 0 radical (unpaired) electrons. The molecule has 1 aliphatic heterocycles. The average Bonchev–Trinajstić information content (AvgIpc) is 3.02. The predicted octanol–water partition coefficient (Wildman–Crippen LogP) is 3.82. The zero-order valence-corrected chi connectivity index (χ0v) is 19.2. The fraction of sp³-hybridized carbons (Fsp3) is 0.136. The van der Waals surface area contributed by atoms with Crippen molar-refractivity contribution in [2.75, 3.05) is 7.11 Å². The van der Waals surface area contributed by atoms with Crippen molar-refractivity contribution in [1.82, 2.24) is 4.57 Å². The highest BCUT2D eigenvalue weighted by Gasteiger charge is 2.32. The van der Waals surface area contributed by atoms with Crippen molar-refractivity contribution in [2.24, 2.45) is 4.99 Å². The highest BCUT2D eigenvalue weighted by molar-refractivity contribution is 9.10. The number of nitrogens with zero attached hydrogens (tertiary/aromatic N) is 2. The highest BCUT2D eigenvalue weighted by Crippen LogP contribution is 2.31. The molecule has 30 heavy (non-hydrogen) atoms. The van der Waals surface area contributed by atoms with E-state index in [1.165, 1.54) is 18.4 Å². The van der Waals surface area contributed by atoms with Crippen LogP contribution in [0, 0.1) is 0 Å². The van der Waals surface area contributed by atoms with Gasteiger partial charge in [0.2, 0.25) is 0 Å². The topological polar surface area (TPSA) is 60.7 Å². The molecule has 152 valence electrons. The first-order chi connectivity index (χ1) is 14.4. The van der Waals surface area contributed by atoms with Crippen molar-refractivity contribution < 1.29 is 9.53 Å². The van der Waals surface area contributed by atoms with Crippen LogP contribution in [-0.4, -0.2) is 17.6 Å². The molecule has 4 rings (SSSR count). The minimum Gasteiger partial charge on any atom is -0.466 e. The summed E-state index contributed by atoms with van der Waals surface area (Å²) in [5.74, 6) is -0.516. The smallest absolute Gasteiger partial charge is 0.338 e. The maximum absolute atomic E-state index is 13.4. The quantitative estimate of drug-likeness (QED) is 0.511. The summed E-state index contributed by atoms with van der Waals surface area (Å²) in [6.07, 6.45) is 1.82. The Balaban J connectivity index is 1.98. The van der Waals surface area contributed by atoms with Crippen LogP contribution in [0.1, 0.15) is 24.1 Å². The van der Waals surface area contributed by atoms with Crippen molar-refractivity contribution in [3.8, 4) is 0 Å². The fourth-order valence-electron chi connectivity index (χ4n) is 3.40. The number of carbonyl (C=O) groups excluding carboxylic acids is 1. The van der Waals surface area contributed by atoms with Gasteiger partial charge in [-0.1, -0.05) is 63.1 Å². The standard InChI is InChI=1S/C22H16BrClN2O3S/c1-12-18(21(28)29-2)19(14-6-8-16(24)9-7-14)26-20(27)17(30-22(26)25-12)11-13-4-3-5-15(23)10-13/h3-11,19H,1-2H3/b17-11+/t19-/m0/s1. The molecule has 0 bridgehead atoms. The van der Waals surface area contributed by atoms with Crippen LogP contribution in [0.2, 0.25) is 5.02 Å². The lowest BCUT2D eigenvalue weighted by Crippen LogP contribution is -2.39. The molecule has 0 N–H and O–H groups in total. The van der Waals surface area contributed by atoms with E-state index in [-0.39, 0.29) is 5.56 Å². The molecule has 0 amide bonds. The Bertz CT molecular complexity index is 1360. The number of benzene rings is 2. The van der Waals surface area contributed by atoms with Crippen LogP contribution >= 0.6 is 38.9 Å². The second-order valence-electron chi connectivity index (χ2n) is 6.68. The van der Waals surface area contributed by atoms with Gasteiger partial charge in [0.1, 0.15) is 0 Å². The second kappa shape index (κ2) is 8.34. The number of fused-ring (bicyclic) bond motifs is 1. The van der Waals surface area contributed by atoms with Crippen LogP contribution in [0.5, 0.6) is 0 Å². The normalized spacial score (nSPS) is 16.3. The monoisotopic (exact) mass is 502 g/mol. The maximum atomic E-state index is 13.4. The Kier molecular flexibility index (Phi) is 5.77. The van der Waals surface area contributed by atoms with E-state index in [9.17, 15) is 9.59 Å². The van der Waals surface area contributed by atoms with Gasteiger partial charge < -0.3 is 4.74 Å². The van der Waals surface area contributed by atoms with E-state index in [4.69, 9.17) is 16.3 Å². The summed E-state index contributed by atoms with van der Waals surface area (Å²) >= 11 is 10.8. The summed E-state index contributed by atoms with van der Waals surface area (Å²) in [4.78, 5) is 31.0. The summed E-state index contributed by atoms with van der Waals surface area (Å²) < 4.78 is 8.01. The molecule has 0 unspecified atom stereocenters. The van der Waals surface area contributed by atoms with Gasteiger partial charge in [0.25, 0.3) is 5.56 Å². The SMILES string of the molecule is COC(=O)C1=C(C)N=c2s/c(=C/c3cccc(Br)c3)c(=O)n2[C@H]1c1ccc(Cl)cc1. The van der Waals surface area contributed by atoms with Crippen LogP contribution < -0.4 is 14.9 Å². The van der Waals surface area contributed by atoms with Gasteiger partial charge in [-0.3, -0.25) is 9.36 Å². The molecule has 0 fully saturated rings. The number of hydrogen-bond acceptors (Lipinski definition) is 5. The largest absolute Gasteiger partial charge is 0.466 e. The molecule has 0 saturated carbocycles. The number of methoxy groups -OCH3 is 1. The van der Waals surface area contributed by atoms with Gasteiger partial charge in [0, 0.05) is 9.50 Å². The molecule has 1 aliphatic rings. The Hall–Kier alpha value is -2.48. The van der Waals surface area contributed by atoms with Crippen LogP contribution in [0.3, 0.4) is 0 Å². The third-order valence-corrected chi connectivity index (χ3v) is 6.49. The van der Waals surface area contributed by atoms with Gasteiger partial charge in [-0.05, 0) is 48.4 Å². The summed E-state index contributed by atoms with van der Waals surface area (Å²) in [6.45, 7) is 1.75. The molecule has 0 aliphatic carbocycles. The van der Waals surface area contributed by atoms with Gasteiger partial charge in [-0.15, -0.1) is 0 Å². The summed E-state index contributed by atoms with van der Waals surface area (Å²) in [7, 11) is 1.32. The van der Waals surface area contributed by atoms with E-state index in [0.717, 1.165) is 15.6 Å². The first kappa shape index (κ1) is 20.8. The molecule has 2 heterocycles. The number of halogens is 2. The second-order valence-corrected chi connectivity index (χ2v) is 9.04. The highest BCUT2D eigenvalue weighted by atomic mass is 79.9. The fourth-order valence-corrected chi connectivity index (χ4v) is 4.99. The van der Waals surface area contributed by atoms with Gasteiger partial charge in [0.15, 0.2) is 4.80 Å². The predicted molar refractivity (Wildman–Crippen MR) is 121 cm³/mol. The Morgan fingerprint density at radius 2 is 2.00 bits per heavy atom. The Morgan fingerprint density at radius 3 is 2.67 bits per heavy atom. The van der Waals surface area contributed by atoms with Crippen LogP contribution in [0.15, 0.2) is 74.1 Å². The van der Waals surface area contributed by atoms with Crippen molar-refractivity contribution in [2.45, 2.75) is 13.0 Å². The Morgan fingerprint density at radius 1 is 1.27 bits per heavy atom. The van der Waals surface area contributed by atoms with E-state index < -0.39 is 12.0 Å². The molecular formula is C22H16BrClN2O3S. The first-order valence-electron chi connectivity index (χ1n) is 9.01. The third-order valence-electron chi connectivity index (χ3n) is 4.76. The van der Waals surface area contributed by atoms with Gasteiger partial charge in [-0.2, -0.15) is 0 Å². The molecule has 5 nitrogen and oxygen atoms in total. The van der Waals surface area contributed by atoms with E-state index in [2.05, 4.69) is 20.9 Å². The number of aromatic nitrogens is 1. The number of hydrogen-bond donors (Lipinski definition) is 0. The van der Waals surface area contributed by atoms with E-state index >= 15 is 0 Å². The lowest BCUT2D eigenvalue weighted by atomic mass is 9.96. The molecule has 3 aromatic rings. The number of allylic oxidation sites excluding steroid dienone is 1. The zero-order valence-electron chi connectivity index (χ0n) is 16.1. The zero-order chi connectivity index (χ0) is 21.4. The number of esters is 1. The van der Waals surface area contributed by atoms with Crippen LogP contribution in [0.25, 0.3) is 6.08 Å². The number of thiazole rings is 1. The molecule has 1 aromatic heterocycles. The van der Waals surface area contributed by atoms with E-state index in [1.54, 1.807) is 35.8 Å². The number of carbonyl (C=O) groups is 1. The van der Waals surface area contributed by atoms with Gasteiger partial charge >= 0.3 is 5.97 Å². The summed E-state index contributed by atoms with van der Waals surface area (Å²) in [5, 5.41) is 0.570. The summed E-state index contributed by atoms with van der Waals surface area (Å²) in [5.41, 5.74) is 2.29. The first-order valence-corrected chi connectivity index (χ1v) is 11.0. The van der Waals surface area contributed by atoms with Crippen molar-refractivity contribution >= 4 is 50.9 Å². The lowest BCUT2D eigenvalue weighted by molar-refractivity contribution is -0.136. The molecule has 0 saturated heterocycles. The number of ether oxygens (including phenoxy) is 1. The van der Waals surface area contributed by atoms with Crippen molar-refractivity contribution in [3.63, 3.8) is 0 Å². The van der Waals surface area contributed by atoms with Gasteiger partial charge in [-0.25, -0.2) is 9.79 Å². The molecule has 0 spiro atoms. The maximum Gasteiger partial charge on any atom is 0.338 e. The van der Waals surface area contributed by atoms with E-state index in [0.29, 0.717) is 25.6 Å². The van der Waals surface area contributed by atoms with Crippen LogP contribution in [0.4, 0.5) is 0 Å². The molecular weight excluding hydrogens is 488 g/mol. The number of rotatable bonds is 3. The third kappa shape index (κ3) is 3.80. The van der Waals surface area contributed by atoms with Crippen molar-refractivity contribution in [1.29, 1.82) is 0 Å². The minimum absolute atomic E-state index is 0.215. The summed E-state index contributed by atoms with van der Waals surface area (Å²) in [6, 6.07) is 14.1. The van der Waals surface area contributed by atoms with Gasteiger partial charge in [0.05, 0.1) is 29.0 Å². The average molecular weight is 504 g/mol. The molecule has 2 aromatic carbocycles. The van der Waals surface area contributed by atoms with Crippen LogP contribution in [-0.2, 0) is 9.53 Å². The molecule has 1 atom stereocenters. The van der Waals surface area contributed by atoms with E-state index in [1.807, 2.05) is 30.3 Å². The minimum atomic E-state index is -0.643. The van der Waals surface area contributed by atoms with Crippen molar-refractivity contribution in [3.05, 3.63) is 100 Å². The Labute approximate surface area is 189 Å².